The number of ether oxygens (including phenoxy) is 2. The Morgan fingerprint density at radius 2 is 1.93 bits per heavy atom. The maximum Gasteiger partial charge on any atom is 0.416 e. The highest BCUT2D eigenvalue weighted by atomic mass is 32.2. The minimum atomic E-state index is -4.47. The minimum Gasteiger partial charge on any atom is -0.493 e. The van der Waals surface area contributed by atoms with E-state index in [2.05, 4.69) is 5.32 Å². The fourth-order valence-corrected chi connectivity index (χ4v) is 4.28. The summed E-state index contributed by atoms with van der Waals surface area (Å²) < 4.78 is 49.4. The van der Waals surface area contributed by atoms with Crippen molar-refractivity contribution in [2.75, 3.05) is 31.8 Å². The summed E-state index contributed by atoms with van der Waals surface area (Å²) in [6, 6.07) is 9.51. The van der Waals surface area contributed by atoms with Crippen molar-refractivity contribution in [3.8, 4) is 11.5 Å². The lowest BCUT2D eigenvalue weighted by molar-refractivity contribution is -0.137. The first-order chi connectivity index (χ1) is 13.3. The Morgan fingerprint density at radius 1 is 1.18 bits per heavy atom. The van der Waals surface area contributed by atoms with Crippen molar-refractivity contribution in [2.45, 2.75) is 11.6 Å². The van der Waals surface area contributed by atoms with E-state index in [0.717, 1.165) is 17.7 Å². The van der Waals surface area contributed by atoms with E-state index in [1.165, 1.54) is 26.4 Å². The molecule has 1 heterocycles. The molecule has 0 radical (unpaired) electrons. The summed E-state index contributed by atoms with van der Waals surface area (Å²) in [6.07, 6.45) is -4.47. The molecule has 1 N–H and O–H groups in total. The van der Waals surface area contributed by atoms with Crippen LogP contribution in [0.15, 0.2) is 42.5 Å². The van der Waals surface area contributed by atoms with Gasteiger partial charge in [-0.25, -0.2) is 4.79 Å². The van der Waals surface area contributed by atoms with Gasteiger partial charge in [-0.3, -0.25) is 0 Å². The van der Waals surface area contributed by atoms with Crippen LogP contribution in [0.5, 0.6) is 11.5 Å². The molecule has 0 saturated carbocycles. The summed E-state index contributed by atoms with van der Waals surface area (Å²) in [5.74, 6) is 1.77. The quantitative estimate of drug-likeness (QED) is 0.768. The molecule has 1 aliphatic rings. The lowest BCUT2D eigenvalue weighted by atomic mass is 10.1. The van der Waals surface area contributed by atoms with Crippen molar-refractivity contribution in [1.82, 2.24) is 4.90 Å². The number of benzene rings is 2. The molecular weight excluding hydrogens is 393 g/mol. The summed E-state index contributed by atoms with van der Waals surface area (Å²) in [7, 11) is 3.05. The standard InChI is InChI=1S/C19H19F3N2O3S/c1-26-15-8-4-7-14(16(15)27-2)17-24(9-10-28-17)18(25)23-13-6-3-5-12(11-13)19(20,21)22/h3-8,11,17H,9-10H2,1-2H3,(H,23,25)/t17-/m0/s1. The van der Waals surface area contributed by atoms with E-state index in [1.54, 1.807) is 28.8 Å². The molecule has 1 aliphatic heterocycles. The molecule has 5 nitrogen and oxygen atoms in total. The Labute approximate surface area is 164 Å². The van der Waals surface area contributed by atoms with Gasteiger partial charge in [0.05, 0.1) is 19.8 Å². The average Bonchev–Trinajstić information content (AvgIpc) is 3.16. The van der Waals surface area contributed by atoms with E-state index in [4.69, 9.17) is 9.47 Å². The van der Waals surface area contributed by atoms with Crippen molar-refractivity contribution >= 4 is 23.5 Å². The number of carbonyl (C=O) groups excluding carboxylic acids is 1. The smallest absolute Gasteiger partial charge is 0.416 e. The Kier molecular flexibility index (Phi) is 5.93. The van der Waals surface area contributed by atoms with Crippen molar-refractivity contribution in [1.29, 1.82) is 0 Å². The van der Waals surface area contributed by atoms with Crippen molar-refractivity contribution < 1.29 is 27.4 Å². The van der Waals surface area contributed by atoms with E-state index in [9.17, 15) is 18.0 Å². The number of nitrogens with one attached hydrogen (secondary N) is 1. The van der Waals surface area contributed by atoms with E-state index >= 15 is 0 Å². The second-order valence-electron chi connectivity index (χ2n) is 6.01. The van der Waals surface area contributed by atoms with Gasteiger partial charge in [-0.2, -0.15) is 13.2 Å². The fourth-order valence-electron chi connectivity index (χ4n) is 3.01. The third-order valence-corrected chi connectivity index (χ3v) is 5.53. The number of hydrogen-bond acceptors (Lipinski definition) is 4. The molecule has 1 fully saturated rings. The summed E-state index contributed by atoms with van der Waals surface area (Å²) >= 11 is 1.55. The Bertz CT molecular complexity index is 861. The molecule has 1 atom stereocenters. The maximum absolute atomic E-state index is 12.9. The van der Waals surface area contributed by atoms with Crippen LogP contribution in [0.2, 0.25) is 0 Å². The van der Waals surface area contributed by atoms with Gasteiger partial charge < -0.3 is 19.7 Å². The van der Waals surface area contributed by atoms with Crippen LogP contribution in [0.4, 0.5) is 23.7 Å². The summed E-state index contributed by atoms with van der Waals surface area (Å²) in [5.41, 5.74) is 0.0451. The molecule has 2 aromatic rings. The largest absolute Gasteiger partial charge is 0.493 e. The van der Waals surface area contributed by atoms with Crippen LogP contribution in [-0.2, 0) is 6.18 Å². The van der Waals surface area contributed by atoms with Crippen molar-refractivity contribution in [3.05, 3.63) is 53.6 Å². The van der Waals surface area contributed by atoms with E-state index < -0.39 is 17.8 Å². The van der Waals surface area contributed by atoms with Gasteiger partial charge in [0.15, 0.2) is 11.5 Å². The zero-order valence-electron chi connectivity index (χ0n) is 15.2. The minimum absolute atomic E-state index is 0.0908. The number of halogens is 3. The van der Waals surface area contributed by atoms with Crippen LogP contribution in [0.25, 0.3) is 0 Å². The molecule has 0 bridgehead atoms. The number of amides is 2. The third-order valence-electron chi connectivity index (χ3n) is 4.29. The van der Waals surface area contributed by atoms with E-state index in [0.29, 0.717) is 23.8 Å². The number of anilines is 1. The summed E-state index contributed by atoms with van der Waals surface area (Å²) in [6.45, 7) is 0.459. The first-order valence-corrected chi connectivity index (χ1v) is 9.47. The van der Waals surface area contributed by atoms with Crippen molar-refractivity contribution in [2.24, 2.45) is 0 Å². The second-order valence-corrected chi connectivity index (χ2v) is 7.20. The van der Waals surface area contributed by atoms with Crippen LogP contribution in [0, 0.1) is 0 Å². The molecule has 3 rings (SSSR count). The molecule has 0 unspecified atom stereocenters. The SMILES string of the molecule is COc1cccc([C@@H]2SCCN2C(=O)Nc2cccc(C(F)(F)F)c2)c1OC. The molecule has 28 heavy (non-hydrogen) atoms. The van der Waals surface area contributed by atoms with Gasteiger partial charge >= 0.3 is 12.2 Å². The van der Waals surface area contributed by atoms with E-state index in [1.807, 2.05) is 6.07 Å². The average molecular weight is 412 g/mol. The highest BCUT2D eigenvalue weighted by molar-refractivity contribution is 7.99. The van der Waals surface area contributed by atoms with Crippen LogP contribution < -0.4 is 14.8 Å². The molecular formula is C19H19F3N2O3S. The molecule has 150 valence electrons. The third kappa shape index (κ3) is 4.14. The topological polar surface area (TPSA) is 50.8 Å². The Hall–Kier alpha value is -2.55. The summed E-state index contributed by atoms with van der Waals surface area (Å²) in [4.78, 5) is 14.3. The zero-order chi connectivity index (χ0) is 20.3. The molecule has 0 spiro atoms. The summed E-state index contributed by atoms with van der Waals surface area (Å²) in [5, 5.41) is 2.23. The monoisotopic (exact) mass is 412 g/mol. The Balaban J connectivity index is 1.83. The number of para-hydroxylation sites is 1. The Morgan fingerprint density at radius 3 is 2.61 bits per heavy atom. The normalized spacial score (nSPS) is 16.8. The maximum atomic E-state index is 12.9. The molecule has 0 aromatic heterocycles. The number of nitrogens with zero attached hydrogens (tertiary/aromatic N) is 1. The second kappa shape index (κ2) is 8.22. The molecule has 2 aromatic carbocycles. The zero-order valence-corrected chi connectivity index (χ0v) is 16.1. The number of carbonyl (C=O) groups is 1. The number of rotatable bonds is 4. The van der Waals surface area contributed by atoms with Crippen LogP contribution in [-0.4, -0.2) is 37.4 Å². The number of hydrogen-bond donors (Lipinski definition) is 1. The molecule has 9 heteroatoms. The fraction of sp³-hybridized carbons (Fsp3) is 0.316. The van der Waals surface area contributed by atoms with Gasteiger partial charge in [0.2, 0.25) is 0 Å². The van der Waals surface area contributed by atoms with E-state index in [-0.39, 0.29) is 11.1 Å². The van der Waals surface area contributed by atoms with Gasteiger partial charge in [0.1, 0.15) is 5.37 Å². The highest BCUT2D eigenvalue weighted by Crippen LogP contribution is 2.45. The van der Waals surface area contributed by atoms with Gasteiger partial charge in [-0.15, -0.1) is 11.8 Å². The van der Waals surface area contributed by atoms with Crippen LogP contribution in [0.1, 0.15) is 16.5 Å². The number of thioether (sulfide) groups is 1. The van der Waals surface area contributed by atoms with Gasteiger partial charge in [0.25, 0.3) is 0 Å². The first-order valence-electron chi connectivity index (χ1n) is 8.42. The van der Waals surface area contributed by atoms with Gasteiger partial charge in [0, 0.05) is 23.5 Å². The highest BCUT2D eigenvalue weighted by Gasteiger charge is 2.34. The lowest BCUT2D eigenvalue weighted by Crippen LogP contribution is -2.34. The van der Waals surface area contributed by atoms with Crippen molar-refractivity contribution in [3.63, 3.8) is 0 Å². The number of methoxy groups -OCH3 is 2. The number of alkyl halides is 3. The first kappa shape index (κ1) is 20.2. The van der Waals surface area contributed by atoms with Gasteiger partial charge in [-0.05, 0) is 24.3 Å². The van der Waals surface area contributed by atoms with Crippen LogP contribution in [0.3, 0.4) is 0 Å². The predicted octanol–water partition coefficient (Wildman–Crippen LogP) is 5.00. The van der Waals surface area contributed by atoms with Crippen LogP contribution >= 0.6 is 11.8 Å². The predicted molar refractivity (Wildman–Crippen MR) is 102 cm³/mol. The molecule has 0 aliphatic carbocycles. The molecule has 2 amide bonds. The van der Waals surface area contributed by atoms with Gasteiger partial charge in [-0.1, -0.05) is 18.2 Å². The number of urea groups is 1. The molecule has 1 saturated heterocycles. The lowest BCUT2D eigenvalue weighted by Gasteiger charge is -2.26.